The molecule has 94 valence electrons. The van der Waals surface area contributed by atoms with Crippen LogP contribution in [0.15, 0.2) is 18.2 Å². The Morgan fingerprint density at radius 1 is 1.41 bits per heavy atom. The third-order valence-electron chi connectivity index (χ3n) is 2.30. The van der Waals surface area contributed by atoms with Crippen molar-refractivity contribution < 1.29 is 20.2 Å². The summed E-state index contributed by atoms with van der Waals surface area (Å²) in [6, 6.07) is 3.33. The number of hydrogen-bond donors (Lipinski definition) is 3. The molecule has 0 aliphatic heterocycles. The summed E-state index contributed by atoms with van der Waals surface area (Å²) in [6.07, 6.45) is -2.48. The molecule has 0 aliphatic rings. The molecule has 17 heavy (non-hydrogen) atoms. The number of rotatable bonds is 5. The Morgan fingerprint density at radius 3 is 2.59 bits per heavy atom. The molecule has 0 saturated carbocycles. The molecule has 1 aromatic carbocycles. The minimum Gasteiger partial charge on any atom is -0.508 e. The van der Waals surface area contributed by atoms with Crippen molar-refractivity contribution in [2.24, 2.45) is 0 Å². The molecule has 0 spiro atoms. The van der Waals surface area contributed by atoms with E-state index >= 15 is 0 Å². The van der Waals surface area contributed by atoms with Crippen molar-refractivity contribution in [3.05, 3.63) is 33.9 Å². The first-order valence-corrected chi connectivity index (χ1v) is 5.40. The average molecular weight is 262 g/mol. The van der Waals surface area contributed by atoms with Crippen LogP contribution >= 0.6 is 11.6 Å². The number of benzene rings is 1. The van der Waals surface area contributed by atoms with Gasteiger partial charge in [-0.25, -0.2) is 0 Å². The predicted molar refractivity (Wildman–Crippen MR) is 61.1 cm³/mol. The van der Waals surface area contributed by atoms with E-state index in [0.717, 1.165) is 6.07 Å². The number of phenols is 1. The van der Waals surface area contributed by atoms with Crippen molar-refractivity contribution in [1.82, 2.24) is 0 Å². The van der Waals surface area contributed by atoms with Gasteiger partial charge in [-0.2, -0.15) is 0 Å². The molecule has 0 bridgehead atoms. The van der Waals surface area contributed by atoms with Crippen LogP contribution in [0.2, 0.25) is 0 Å². The summed E-state index contributed by atoms with van der Waals surface area (Å²) >= 11 is 5.41. The van der Waals surface area contributed by atoms with Gasteiger partial charge in [0.25, 0.3) is 5.69 Å². The zero-order valence-corrected chi connectivity index (χ0v) is 9.54. The van der Waals surface area contributed by atoms with Crippen LogP contribution in [-0.4, -0.2) is 32.2 Å². The van der Waals surface area contributed by atoms with Crippen molar-refractivity contribution in [2.75, 3.05) is 5.88 Å². The fourth-order valence-corrected chi connectivity index (χ4v) is 1.64. The van der Waals surface area contributed by atoms with Crippen LogP contribution in [0.3, 0.4) is 0 Å². The maximum absolute atomic E-state index is 10.7. The van der Waals surface area contributed by atoms with E-state index in [0.29, 0.717) is 0 Å². The number of nitro benzene ring substituents is 1. The molecule has 1 aromatic rings. The molecule has 0 saturated heterocycles. The molecule has 0 radical (unpaired) electrons. The normalized spacial score (nSPS) is 14.3. The van der Waals surface area contributed by atoms with Gasteiger partial charge in [0.05, 0.1) is 22.7 Å². The van der Waals surface area contributed by atoms with Crippen LogP contribution in [0.4, 0.5) is 5.69 Å². The lowest BCUT2D eigenvalue weighted by Gasteiger charge is -2.17. The molecule has 6 nitrogen and oxygen atoms in total. The summed E-state index contributed by atoms with van der Waals surface area (Å²) in [5.74, 6) is -0.149. The maximum atomic E-state index is 10.7. The molecule has 0 aliphatic carbocycles. The third kappa shape index (κ3) is 3.29. The second-order valence-corrected chi connectivity index (χ2v) is 3.87. The second-order valence-electron chi connectivity index (χ2n) is 3.49. The monoisotopic (exact) mass is 261 g/mol. The van der Waals surface area contributed by atoms with Crippen LogP contribution in [0.5, 0.6) is 5.75 Å². The molecule has 1 rings (SSSR count). The summed E-state index contributed by atoms with van der Waals surface area (Å²) in [4.78, 5) is 10.0. The van der Waals surface area contributed by atoms with E-state index in [4.69, 9.17) is 16.7 Å². The highest BCUT2D eigenvalue weighted by Crippen LogP contribution is 2.31. The van der Waals surface area contributed by atoms with Crippen molar-refractivity contribution in [2.45, 2.75) is 18.6 Å². The molecule has 0 aromatic heterocycles. The molecular formula is C10H12ClNO5. The molecule has 0 amide bonds. The fourth-order valence-electron chi connectivity index (χ4n) is 1.42. The Morgan fingerprint density at radius 2 is 2.06 bits per heavy atom. The van der Waals surface area contributed by atoms with Crippen molar-refractivity contribution in [3.63, 3.8) is 0 Å². The number of halogens is 1. The number of hydrogen-bond acceptors (Lipinski definition) is 5. The van der Waals surface area contributed by atoms with Gasteiger partial charge in [-0.05, 0) is 18.6 Å². The van der Waals surface area contributed by atoms with Gasteiger partial charge in [-0.3, -0.25) is 10.1 Å². The largest absolute Gasteiger partial charge is 0.508 e. The zero-order chi connectivity index (χ0) is 13.0. The smallest absolute Gasteiger partial charge is 0.278 e. The first-order valence-electron chi connectivity index (χ1n) is 4.86. The topological polar surface area (TPSA) is 104 Å². The highest BCUT2D eigenvalue weighted by Gasteiger charge is 2.26. The predicted octanol–water partition coefficient (Wildman–Crippen LogP) is 1.32. The lowest BCUT2D eigenvalue weighted by molar-refractivity contribution is -0.386. The Labute approximate surface area is 102 Å². The van der Waals surface area contributed by atoms with Crippen LogP contribution in [0.1, 0.15) is 18.1 Å². The first kappa shape index (κ1) is 13.7. The Kier molecular flexibility index (Phi) is 4.68. The molecule has 0 heterocycles. The van der Waals surface area contributed by atoms with E-state index < -0.39 is 22.8 Å². The first-order chi connectivity index (χ1) is 7.97. The Bertz CT molecular complexity index is 412. The van der Waals surface area contributed by atoms with Gasteiger partial charge in [0.15, 0.2) is 0 Å². The van der Waals surface area contributed by atoms with Crippen molar-refractivity contribution in [3.8, 4) is 5.75 Å². The fraction of sp³-hybridized carbons (Fsp3) is 0.400. The molecule has 3 N–H and O–H groups in total. The van der Waals surface area contributed by atoms with Crippen molar-refractivity contribution in [1.29, 1.82) is 0 Å². The lowest BCUT2D eigenvalue weighted by atomic mass is 10.0. The SMILES string of the molecule is O=[N+]([O-])c1cc(O)ccc1C(O)C(O)CCCl. The number of alkyl halides is 1. The standard InChI is InChI=1S/C10H12ClNO5/c11-4-3-9(14)10(15)7-2-1-6(13)5-8(7)12(16)17/h1-2,5,9-10,13-15H,3-4H2. The van der Waals surface area contributed by atoms with Gasteiger partial charge in [-0.1, -0.05) is 0 Å². The van der Waals surface area contributed by atoms with E-state index in [1.54, 1.807) is 0 Å². The quantitative estimate of drug-likeness (QED) is 0.421. The van der Waals surface area contributed by atoms with Crippen LogP contribution in [-0.2, 0) is 0 Å². The lowest BCUT2D eigenvalue weighted by Crippen LogP contribution is -2.19. The van der Waals surface area contributed by atoms with Gasteiger partial charge in [-0.15, -0.1) is 11.6 Å². The van der Waals surface area contributed by atoms with E-state index in [-0.39, 0.29) is 23.6 Å². The van der Waals surface area contributed by atoms with Crippen molar-refractivity contribution >= 4 is 17.3 Å². The van der Waals surface area contributed by atoms with Gasteiger partial charge < -0.3 is 15.3 Å². The summed E-state index contributed by atoms with van der Waals surface area (Å²) in [5.41, 5.74) is -0.489. The van der Waals surface area contributed by atoms with E-state index in [1.807, 2.05) is 0 Å². The minimum absolute atomic E-state index is 0.0505. The van der Waals surface area contributed by atoms with Crippen LogP contribution in [0, 0.1) is 10.1 Å². The Balaban J connectivity index is 3.08. The maximum Gasteiger partial charge on any atom is 0.278 e. The Hall–Kier alpha value is -1.37. The number of aliphatic hydroxyl groups excluding tert-OH is 2. The average Bonchev–Trinajstić information content (AvgIpc) is 2.28. The minimum atomic E-state index is -1.41. The van der Waals surface area contributed by atoms with Gasteiger partial charge in [0.2, 0.25) is 0 Å². The molecule has 0 fully saturated rings. The number of nitro groups is 1. The van der Waals surface area contributed by atoms with E-state index in [1.165, 1.54) is 12.1 Å². The molecule has 2 atom stereocenters. The van der Waals surface area contributed by atoms with Gasteiger partial charge >= 0.3 is 0 Å². The highest BCUT2D eigenvalue weighted by molar-refractivity contribution is 6.17. The summed E-state index contributed by atoms with van der Waals surface area (Å²) in [7, 11) is 0. The van der Waals surface area contributed by atoms with Crippen LogP contribution in [0.25, 0.3) is 0 Å². The molecule has 2 unspecified atom stereocenters. The van der Waals surface area contributed by atoms with Gasteiger partial charge in [0, 0.05) is 5.88 Å². The van der Waals surface area contributed by atoms with Crippen LogP contribution < -0.4 is 0 Å². The zero-order valence-electron chi connectivity index (χ0n) is 8.78. The van der Waals surface area contributed by atoms with E-state index in [2.05, 4.69) is 0 Å². The van der Waals surface area contributed by atoms with E-state index in [9.17, 15) is 20.3 Å². The molecular weight excluding hydrogens is 250 g/mol. The molecule has 7 heteroatoms. The summed E-state index contributed by atoms with van der Waals surface area (Å²) in [5, 5.41) is 39.1. The number of aromatic hydroxyl groups is 1. The number of nitrogens with zero attached hydrogens (tertiary/aromatic N) is 1. The number of phenolic OH excluding ortho intramolecular Hbond substituents is 1. The summed E-state index contributed by atoms with van der Waals surface area (Å²) in [6.45, 7) is 0. The number of aliphatic hydroxyl groups is 2. The third-order valence-corrected chi connectivity index (χ3v) is 2.52. The highest BCUT2D eigenvalue weighted by atomic mass is 35.5. The van der Waals surface area contributed by atoms with Gasteiger partial charge in [0.1, 0.15) is 11.9 Å². The summed E-state index contributed by atoms with van der Waals surface area (Å²) < 4.78 is 0. The second kappa shape index (κ2) is 5.81.